The maximum atomic E-state index is 9.53. The Hall–Kier alpha value is -2.62. The molecule has 0 aliphatic carbocycles. The predicted molar refractivity (Wildman–Crippen MR) is 77.0 cm³/mol. The smallest absolute Gasteiger partial charge is 0.128 e. The first-order chi connectivity index (χ1) is 9.63. The minimum Gasteiger partial charge on any atom is -0.508 e. The van der Waals surface area contributed by atoms with Gasteiger partial charge in [0.2, 0.25) is 0 Å². The highest BCUT2D eigenvalue weighted by Gasteiger charge is 2.07. The lowest BCUT2D eigenvalue weighted by Crippen LogP contribution is -2.01. The fourth-order valence-electron chi connectivity index (χ4n) is 2.21. The number of aryl methyl sites for hydroxylation is 1. The Morgan fingerprint density at radius 2 is 1.65 bits per heavy atom. The molecule has 0 spiro atoms. The van der Waals surface area contributed by atoms with E-state index in [0.717, 1.165) is 16.6 Å². The molecule has 4 nitrogen and oxygen atoms in total. The number of aromatic nitrogens is 1. The van der Waals surface area contributed by atoms with Crippen LogP contribution in [-0.2, 0) is 13.7 Å². The highest BCUT2D eigenvalue weighted by Crippen LogP contribution is 2.24. The summed E-state index contributed by atoms with van der Waals surface area (Å²) in [6.07, 6.45) is 0. The second-order valence-electron chi connectivity index (χ2n) is 4.72. The number of hydrogen-bond acceptors (Lipinski definition) is 3. The van der Waals surface area contributed by atoms with Crippen molar-refractivity contribution in [1.82, 2.24) is 4.57 Å². The number of fused-ring (bicyclic) bond motifs is 1. The lowest BCUT2D eigenvalue weighted by molar-refractivity contribution is 0.297. The monoisotopic (exact) mass is 269 g/mol. The van der Waals surface area contributed by atoms with Crippen LogP contribution in [0.3, 0.4) is 0 Å². The molecule has 0 unspecified atom stereocenters. The molecule has 3 rings (SSSR count). The van der Waals surface area contributed by atoms with E-state index in [2.05, 4.69) is 0 Å². The van der Waals surface area contributed by atoms with Crippen molar-refractivity contribution in [3.63, 3.8) is 0 Å². The molecule has 0 aliphatic rings. The average molecular weight is 269 g/mol. The molecule has 0 atom stereocenters. The molecule has 0 saturated carbocycles. The Bertz CT molecular complexity index is 744. The van der Waals surface area contributed by atoms with Crippen LogP contribution in [0.15, 0.2) is 48.5 Å². The Kier molecular flexibility index (Phi) is 2.99. The molecule has 2 N–H and O–H groups in total. The van der Waals surface area contributed by atoms with E-state index in [4.69, 9.17) is 4.74 Å². The van der Waals surface area contributed by atoms with Gasteiger partial charge in [-0.1, -0.05) is 0 Å². The molecule has 0 bridgehead atoms. The van der Waals surface area contributed by atoms with Crippen molar-refractivity contribution < 1.29 is 14.9 Å². The Morgan fingerprint density at radius 3 is 2.40 bits per heavy atom. The summed E-state index contributed by atoms with van der Waals surface area (Å²) in [6, 6.07) is 14.0. The predicted octanol–water partition coefficient (Wildman–Crippen LogP) is 3.17. The fraction of sp³-hybridized carbons (Fsp3) is 0.125. The standard InChI is InChI=1S/C16H15NO3/c1-17-12(8-11-2-3-14(19)9-16(11)17)10-20-15-6-4-13(18)5-7-15/h2-9,18-19H,10H2,1H3. The first-order valence-electron chi connectivity index (χ1n) is 6.32. The number of benzene rings is 2. The van der Waals surface area contributed by atoms with Gasteiger partial charge in [-0.05, 0) is 42.5 Å². The van der Waals surface area contributed by atoms with Gasteiger partial charge < -0.3 is 19.5 Å². The first kappa shape index (κ1) is 12.4. The van der Waals surface area contributed by atoms with Crippen LogP contribution in [0.5, 0.6) is 17.2 Å². The molecular formula is C16H15NO3. The molecular weight excluding hydrogens is 254 g/mol. The largest absolute Gasteiger partial charge is 0.508 e. The number of rotatable bonds is 3. The Labute approximate surface area is 116 Å². The van der Waals surface area contributed by atoms with Gasteiger partial charge in [-0.3, -0.25) is 0 Å². The van der Waals surface area contributed by atoms with Crippen molar-refractivity contribution in [2.24, 2.45) is 7.05 Å². The van der Waals surface area contributed by atoms with E-state index in [1.807, 2.05) is 23.7 Å². The maximum Gasteiger partial charge on any atom is 0.128 e. The van der Waals surface area contributed by atoms with Gasteiger partial charge in [0.05, 0.1) is 11.2 Å². The van der Waals surface area contributed by atoms with E-state index >= 15 is 0 Å². The van der Waals surface area contributed by atoms with Crippen LogP contribution in [-0.4, -0.2) is 14.8 Å². The topological polar surface area (TPSA) is 54.6 Å². The molecule has 20 heavy (non-hydrogen) atoms. The van der Waals surface area contributed by atoms with Crippen LogP contribution in [0.1, 0.15) is 5.69 Å². The fourth-order valence-corrected chi connectivity index (χ4v) is 2.21. The molecule has 1 heterocycles. The zero-order chi connectivity index (χ0) is 14.1. The number of aromatic hydroxyl groups is 2. The molecule has 0 aliphatic heterocycles. The average Bonchev–Trinajstić information content (AvgIpc) is 2.75. The summed E-state index contributed by atoms with van der Waals surface area (Å²) in [5, 5.41) is 19.8. The number of nitrogens with zero attached hydrogens (tertiary/aromatic N) is 1. The van der Waals surface area contributed by atoms with E-state index in [-0.39, 0.29) is 11.5 Å². The van der Waals surface area contributed by atoms with E-state index in [0.29, 0.717) is 12.4 Å². The summed E-state index contributed by atoms with van der Waals surface area (Å²) in [4.78, 5) is 0. The molecule has 3 aromatic rings. The van der Waals surface area contributed by atoms with Crippen LogP contribution in [0.25, 0.3) is 10.9 Å². The van der Waals surface area contributed by atoms with Crippen molar-refractivity contribution >= 4 is 10.9 Å². The van der Waals surface area contributed by atoms with E-state index < -0.39 is 0 Å². The summed E-state index contributed by atoms with van der Waals surface area (Å²) < 4.78 is 7.69. The number of phenols is 2. The molecule has 4 heteroatoms. The SMILES string of the molecule is Cn1c(COc2ccc(O)cc2)cc2ccc(O)cc21. The van der Waals surface area contributed by atoms with Gasteiger partial charge in [-0.2, -0.15) is 0 Å². The minimum atomic E-state index is 0.220. The molecule has 1 aromatic heterocycles. The van der Waals surface area contributed by atoms with E-state index in [9.17, 15) is 10.2 Å². The Morgan fingerprint density at radius 1 is 0.950 bits per heavy atom. The van der Waals surface area contributed by atoms with Gasteiger partial charge in [0.25, 0.3) is 0 Å². The maximum absolute atomic E-state index is 9.53. The number of phenolic OH excluding ortho intramolecular Hbond substituents is 2. The quantitative estimate of drug-likeness (QED) is 0.768. The van der Waals surface area contributed by atoms with Crippen LogP contribution in [0.2, 0.25) is 0 Å². The van der Waals surface area contributed by atoms with Crippen LogP contribution in [0, 0.1) is 0 Å². The highest BCUT2D eigenvalue weighted by molar-refractivity contribution is 5.82. The Balaban J connectivity index is 1.84. The molecule has 102 valence electrons. The number of hydrogen-bond donors (Lipinski definition) is 2. The van der Waals surface area contributed by atoms with Crippen molar-refractivity contribution in [2.75, 3.05) is 0 Å². The molecule has 0 fully saturated rings. The van der Waals surface area contributed by atoms with Crippen LogP contribution < -0.4 is 4.74 Å². The lowest BCUT2D eigenvalue weighted by Gasteiger charge is -2.07. The number of ether oxygens (including phenoxy) is 1. The molecule has 0 amide bonds. The van der Waals surface area contributed by atoms with Gasteiger partial charge in [0.15, 0.2) is 0 Å². The van der Waals surface area contributed by atoms with Crippen LogP contribution >= 0.6 is 0 Å². The van der Waals surface area contributed by atoms with Gasteiger partial charge in [-0.25, -0.2) is 0 Å². The second kappa shape index (κ2) is 4.81. The second-order valence-corrected chi connectivity index (χ2v) is 4.72. The summed E-state index contributed by atoms with van der Waals surface area (Å²) >= 11 is 0. The molecule has 0 radical (unpaired) electrons. The van der Waals surface area contributed by atoms with Crippen molar-refractivity contribution in [3.05, 3.63) is 54.2 Å². The summed E-state index contributed by atoms with van der Waals surface area (Å²) in [5.74, 6) is 1.18. The van der Waals surface area contributed by atoms with Crippen molar-refractivity contribution in [3.8, 4) is 17.2 Å². The minimum absolute atomic E-state index is 0.220. The zero-order valence-corrected chi connectivity index (χ0v) is 11.1. The van der Waals surface area contributed by atoms with E-state index in [1.54, 1.807) is 36.4 Å². The first-order valence-corrected chi connectivity index (χ1v) is 6.32. The third-order valence-electron chi connectivity index (χ3n) is 3.35. The summed E-state index contributed by atoms with van der Waals surface area (Å²) in [6.45, 7) is 0.427. The van der Waals surface area contributed by atoms with Gasteiger partial charge >= 0.3 is 0 Å². The summed E-state index contributed by atoms with van der Waals surface area (Å²) in [7, 11) is 1.94. The van der Waals surface area contributed by atoms with Gasteiger partial charge in [0, 0.05) is 18.5 Å². The summed E-state index contributed by atoms with van der Waals surface area (Å²) in [5.41, 5.74) is 1.98. The van der Waals surface area contributed by atoms with Crippen LogP contribution in [0.4, 0.5) is 0 Å². The zero-order valence-electron chi connectivity index (χ0n) is 11.1. The van der Waals surface area contributed by atoms with Gasteiger partial charge in [-0.15, -0.1) is 0 Å². The highest BCUT2D eigenvalue weighted by atomic mass is 16.5. The van der Waals surface area contributed by atoms with E-state index in [1.165, 1.54) is 0 Å². The molecule has 0 saturated heterocycles. The third kappa shape index (κ3) is 2.28. The lowest BCUT2D eigenvalue weighted by atomic mass is 10.2. The van der Waals surface area contributed by atoms with Crippen molar-refractivity contribution in [1.29, 1.82) is 0 Å². The third-order valence-corrected chi connectivity index (χ3v) is 3.35. The van der Waals surface area contributed by atoms with Gasteiger partial charge in [0.1, 0.15) is 23.9 Å². The molecule has 2 aromatic carbocycles. The normalized spacial score (nSPS) is 10.8. The van der Waals surface area contributed by atoms with Crippen molar-refractivity contribution in [2.45, 2.75) is 6.61 Å².